The van der Waals surface area contributed by atoms with Gasteiger partial charge < -0.3 is 9.47 Å². The van der Waals surface area contributed by atoms with Crippen LogP contribution in [0.15, 0.2) is 46.9 Å². The van der Waals surface area contributed by atoms with Crippen LogP contribution in [0.4, 0.5) is 0 Å². The van der Waals surface area contributed by atoms with Crippen LogP contribution in [0, 0.1) is 12.8 Å². The molecule has 2 aromatic rings. The van der Waals surface area contributed by atoms with Gasteiger partial charge in [0.1, 0.15) is 0 Å². The zero-order valence-corrected chi connectivity index (χ0v) is 18.1. The molecule has 1 saturated carbocycles. The van der Waals surface area contributed by atoms with Crippen LogP contribution in [0.5, 0.6) is 11.5 Å². The summed E-state index contributed by atoms with van der Waals surface area (Å²) in [7, 11) is 1.28. The zero-order valence-electron chi connectivity index (χ0n) is 17.3. The second kappa shape index (κ2) is 7.50. The molecule has 0 heterocycles. The van der Waals surface area contributed by atoms with Gasteiger partial charge in [0.2, 0.25) is 10.0 Å². The largest absolute Gasteiger partial charge is 0.493 e. The van der Waals surface area contributed by atoms with E-state index in [0.717, 1.165) is 36.0 Å². The predicted molar refractivity (Wildman–Crippen MR) is 114 cm³/mol. The second-order valence-electron chi connectivity index (χ2n) is 7.83. The maximum Gasteiger partial charge on any atom is 0.243 e. The molecule has 2 aliphatic rings. The molecule has 5 nitrogen and oxygen atoms in total. The van der Waals surface area contributed by atoms with E-state index in [4.69, 9.17) is 9.47 Å². The highest BCUT2D eigenvalue weighted by Gasteiger charge is 2.41. The Hall–Kier alpha value is -2.31. The molecule has 0 bridgehead atoms. The Morgan fingerprint density at radius 2 is 1.69 bits per heavy atom. The van der Waals surface area contributed by atoms with Gasteiger partial charge in [-0.2, -0.15) is 4.31 Å². The number of nitrogens with zero attached hydrogens (tertiary/aromatic N) is 1. The topological polar surface area (TPSA) is 55.8 Å². The average Bonchev–Trinajstić information content (AvgIpc) is 3.18. The quantitative estimate of drug-likeness (QED) is 0.720. The lowest BCUT2D eigenvalue weighted by atomic mass is 9.80. The lowest BCUT2D eigenvalue weighted by molar-refractivity contribution is 0.296. The van der Waals surface area contributed by atoms with Crippen molar-refractivity contribution in [2.75, 3.05) is 21.3 Å². The Morgan fingerprint density at radius 3 is 2.34 bits per heavy atom. The van der Waals surface area contributed by atoms with E-state index in [-0.39, 0.29) is 12.0 Å². The molecule has 0 radical (unpaired) electrons. The Bertz CT molecular complexity index is 1060. The molecule has 154 valence electrons. The highest BCUT2D eigenvalue weighted by Crippen LogP contribution is 2.51. The minimum atomic E-state index is -3.64. The molecule has 0 saturated heterocycles. The summed E-state index contributed by atoms with van der Waals surface area (Å²) in [6.45, 7) is 1.95. The van der Waals surface area contributed by atoms with Gasteiger partial charge in [0.05, 0.1) is 25.2 Å². The van der Waals surface area contributed by atoms with Crippen LogP contribution >= 0.6 is 0 Å². The number of hydrogen-bond acceptors (Lipinski definition) is 4. The van der Waals surface area contributed by atoms with Crippen LogP contribution < -0.4 is 9.47 Å². The predicted octanol–water partition coefficient (Wildman–Crippen LogP) is 4.57. The Labute approximate surface area is 173 Å². The third-order valence-electron chi connectivity index (χ3n) is 6.18. The first-order valence-corrected chi connectivity index (χ1v) is 11.3. The molecule has 2 aliphatic carbocycles. The SMILES string of the molecule is COc1cc2c(cc1OC)[C@@H](N(C)S(=O)(=O)c1ccc(C)cc1)[C@@H]1CCCC1=C2. The highest BCUT2D eigenvalue weighted by molar-refractivity contribution is 7.89. The standard InChI is InChI=1S/C23H27NO4S/c1-15-8-10-18(11-9-15)29(25,26)24(2)23-19-7-5-6-16(19)12-17-13-21(27-3)22(28-4)14-20(17)23/h8-14,19,23H,5-7H2,1-4H3/t19-,23+/m1/s1. The molecule has 0 aliphatic heterocycles. The van der Waals surface area contributed by atoms with Crippen molar-refractivity contribution in [3.05, 3.63) is 58.7 Å². The van der Waals surface area contributed by atoms with Gasteiger partial charge in [-0.3, -0.25) is 0 Å². The van der Waals surface area contributed by atoms with Gasteiger partial charge in [0.25, 0.3) is 0 Å². The van der Waals surface area contributed by atoms with Crippen molar-refractivity contribution in [1.29, 1.82) is 0 Å². The van der Waals surface area contributed by atoms with Crippen molar-refractivity contribution in [2.24, 2.45) is 5.92 Å². The van der Waals surface area contributed by atoms with Crippen LogP contribution in [0.2, 0.25) is 0 Å². The molecule has 0 unspecified atom stereocenters. The summed E-state index contributed by atoms with van der Waals surface area (Å²) >= 11 is 0. The van der Waals surface area contributed by atoms with Crippen molar-refractivity contribution < 1.29 is 17.9 Å². The summed E-state index contributed by atoms with van der Waals surface area (Å²) in [6.07, 6.45) is 5.27. The second-order valence-corrected chi connectivity index (χ2v) is 9.83. The summed E-state index contributed by atoms with van der Waals surface area (Å²) in [5.74, 6) is 1.46. The smallest absolute Gasteiger partial charge is 0.243 e. The van der Waals surface area contributed by atoms with Crippen LogP contribution in [0.3, 0.4) is 0 Å². The maximum absolute atomic E-state index is 13.5. The summed E-state index contributed by atoms with van der Waals surface area (Å²) in [5, 5.41) is 0. The molecule has 0 N–H and O–H groups in total. The molecule has 0 amide bonds. The summed E-state index contributed by atoms with van der Waals surface area (Å²) < 4.78 is 39.5. The summed E-state index contributed by atoms with van der Waals surface area (Å²) in [6, 6.07) is 10.7. The third-order valence-corrected chi connectivity index (χ3v) is 8.03. The van der Waals surface area contributed by atoms with Crippen molar-refractivity contribution in [3.8, 4) is 11.5 Å². The van der Waals surface area contributed by atoms with Gasteiger partial charge in [-0.1, -0.05) is 29.3 Å². The Kier molecular flexibility index (Phi) is 5.17. The number of sulfonamides is 1. The van der Waals surface area contributed by atoms with E-state index < -0.39 is 10.0 Å². The summed E-state index contributed by atoms with van der Waals surface area (Å²) in [5.41, 5.74) is 4.33. The van der Waals surface area contributed by atoms with Gasteiger partial charge in [-0.05, 0) is 61.6 Å². The maximum atomic E-state index is 13.5. The average molecular weight is 414 g/mol. The van der Waals surface area contributed by atoms with E-state index >= 15 is 0 Å². The number of fused-ring (bicyclic) bond motifs is 2. The molecule has 0 spiro atoms. The van der Waals surface area contributed by atoms with Gasteiger partial charge in [-0.15, -0.1) is 0 Å². The van der Waals surface area contributed by atoms with Crippen molar-refractivity contribution in [1.82, 2.24) is 4.31 Å². The van der Waals surface area contributed by atoms with Crippen LogP contribution in [-0.2, 0) is 10.0 Å². The number of aryl methyl sites for hydroxylation is 1. The van der Waals surface area contributed by atoms with Gasteiger partial charge >= 0.3 is 0 Å². The molecule has 6 heteroatoms. The Morgan fingerprint density at radius 1 is 1.03 bits per heavy atom. The van der Waals surface area contributed by atoms with E-state index in [0.29, 0.717) is 16.4 Å². The van der Waals surface area contributed by atoms with E-state index in [1.165, 1.54) is 5.57 Å². The minimum absolute atomic E-state index is 0.186. The Balaban J connectivity index is 1.84. The van der Waals surface area contributed by atoms with Crippen LogP contribution in [0.25, 0.3) is 6.08 Å². The summed E-state index contributed by atoms with van der Waals surface area (Å²) in [4.78, 5) is 0.321. The van der Waals surface area contributed by atoms with Gasteiger partial charge in [-0.25, -0.2) is 8.42 Å². The molecular formula is C23H27NO4S. The van der Waals surface area contributed by atoms with E-state index in [1.807, 2.05) is 31.2 Å². The lowest BCUT2D eigenvalue weighted by Gasteiger charge is -2.37. The first-order valence-electron chi connectivity index (χ1n) is 9.88. The molecule has 2 aromatic carbocycles. The normalized spacial score (nSPS) is 20.8. The number of benzene rings is 2. The van der Waals surface area contributed by atoms with Gasteiger partial charge in [0, 0.05) is 13.0 Å². The fourth-order valence-electron chi connectivity index (χ4n) is 4.62. The number of hydrogen-bond donors (Lipinski definition) is 0. The van der Waals surface area contributed by atoms with E-state index in [9.17, 15) is 8.42 Å². The zero-order chi connectivity index (χ0) is 20.8. The number of rotatable bonds is 5. The first kappa shape index (κ1) is 20.0. The molecule has 1 fully saturated rings. The molecule has 4 rings (SSSR count). The van der Waals surface area contributed by atoms with Crippen molar-refractivity contribution >= 4 is 16.1 Å². The van der Waals surface area contributed by atoms with Crippen LogP contribution in [-0.4, -0.2) is 34.0 Å². The molecule has 29 heavy (non-hydrogen) atoms. The number of methoxy groups -OCH3 is 2. The molecule has 2 atom stereocenters. The monoisotopic (exact) mass is 413 g/mol. The highest BCUT2D eigenvalue weighted by atomic mass is 32.2. The van der Waals surface area contributed by atoms with E-state index in [1.54, 1.807) is 37.7 Å². The first-order chi connectivity index (χ1) is 13.9. The molecular weight excluding hydrogens is 386 g/mol. The van der Waals surface area contributed by atoms with Gasteiger partial charge in [0.15, 0.2) is 11.5 Å². The minimum Gasteiger partial charge on any atom is -0.493 e. The van der Waals surface area contributed by atoms with Crippen molar-refractivity contribution in [2.45, 2.75) is 37.1 Å². The fourth-order valence-corrected chi connectivity index (χ4v) is 5.99. The third kappa shape index (κ3) is 3.34. The van der Waals surface area contributed by atoms with E-state index in [2.05, 4.69) is 6.08 Å². The lowest BCUT2D eigenvalue weighted by Crippen LogP contribution is -2.37. The fraction of sp³-hybridized carbons (Fsp3) is 0.391. The van der Waals surface area contributed by atoms with Crippen LogP contribution in [0.1, 0.15) is 42.0 Å². The number of ether oxygens (including phenoxy) is 2. The molecule has 0 aromatic heterocycles. The van der Waals surface area contributed by atoms with Crippen molar-refractivity contribution in [3.63, 3.8) is 0 Å².